The number of sulfone groups is 1. The summed E-state index contributed by atoms with van der Waals surface area (Å²) in [5.74, 6) is 0.719. The van der Waals surface area contributed by atoms with E-state index in [0.717, 1.165) is 32.4 Å². The second kappa shape index (κ2) is 5.82. The monoisotopic (exact) mass is 234 g/mol. The van der Waals surface area contributed by atoms with Gasteiger partial charge < -0.3 is 10.2 Å². The van der Waals surface area contributed by atoms with Crippen LogP contribution in [0.25, 0.3) is 0 Å². The normalized spacial score (nSPS) is 22.1. The summed E-state index contributed by atoms with van der Waals surface area (Å²) in [4.78, 5) is 2.16. The zero-order valence-corrected chi connectivity index (χ0v) is 10.5. The van der Waals surface area contributed by atoms with Gasteiger partial charge in [-0.3, -0.25) is 0 Å². The number of hydrogen-bond donors (Lipinski definition) is 1. The van der Waals surface area contributed by atoms with Crippen molar-refractivity contribution >= 4 is 9.84 Å². The highest BCUT2D eigenvalue weighted by Crippen LogP contribution is 2.11. The molecule has 1 N–H and O–H groups in total. The van der Waals surface area contributed by atoms with Gasteiger partial charge in [0, 0.05) is 6.04 Å². The van der Waals surface area contributed by atoms with E-state index in [2.05, 4.69) is 24.3 Å². The van der Waals surface area contributed by atoms with E-state index in [0.29, 0.717) is 17.5 Å². The third kappa shape index (κ3) is 5.49. The first-order valence-corrected chi connectivity index (χ1v) is 7.40. The molecule has 5 heteroatoms. The SMILES string of the molecule is CN(C)CCCNC1CCS(=O)(=O)CC1. The minimum absolute atomic E-state index is 0.359. The van der Waals surface area contributed by atoms with Crippen molar-refractivity contribution in [2.24, 2.45) is 0 Å². The maximum absolute atomic E-state index is 11.2. The van der Waals surface area contributed by atoms with Crippen LogP contribution in [0.15, 0.2) is 0 Å². The standard InChI is InChI=1S/C10H22N2O2S/c1-12(2)7-3-6-11-10-4-8-15(13,14)9-5-10/h10-11H,3-9H2,1-2H3. The highest BCUT2D eigenvalue weighted by molar-refractivity contribution is 7.91. The highest BCUT2D eigenvalue weighted by atomic mass is 32.2. The van der Waals surface area contributed by atoms with E-state index in [9.17, 15) is 8.42 Å². The van der Waals surface area contributed by atoms with Gasteiger partial charge in [-0.05, 0) is 46.4 Å². The van der Waals surface area contributed by atoms with Crippen LogP contribution in [-0.2, 0) is 9.84 Å². The summed E-state index contributed by atoms with van der Waals surface area (Å²) in [6.07, 6.45) is 2.69. The van der Waals surface area contributed by atoms with Gasteiger partial charge in [0.05, 0.1) is 11.5 Å². The van der Waals surface area contributed by atoms with Crippen LogP contribution in [0.4, 0.5) is 0 Å². The van der Waals surface area contributed by atoms with Crippen LogP contribution < -0.4 is 5.32 Å². The van der Waals surface area contributed by atoms with E-state index in [1.807, 2.05) is 0 Å². The third-order valence-electron chi connectivity index (χ3n) is 2.77. The molecule has 0 aromatic heterocycles. The van der Waals surface area contributed by atoms with Crippen LogP contribution in [0.2, 0.25) is 0 Å². The van der Waals surface area contributed by atoms with Crippen molar-refractivity contribution in [3.63, 3.8) is 0 Å². The maximum Gasteiger partial charge on any atom is 0.150 e. The molecule has 0 radical (unpaired) electrons. The Kier molecular flexibility index (Phi) is 5.02. The molecule has 0 unspecified atom stereocenters. The van der Waals surface area contributed by atoms with Crippen LogP contribution in [0.5, 0.6) is 0 Å². The van der Waals surface area contributed by atoms with Crippen LogP contribution in [0, 0.1) is 0 Å². The average molecular weight is 234 g/mol. The fourth-order valence-electron chi connectivity index (χ4n) is 1.80. The van der Waals surface area contributed by atoms with Crippen LogP contribution in [0.1, 0.15) is 19.3 Å². The third-order valence-corrected chi connectivity index (χ3v) is 4.49. The first-order chi connectivity index (χ1) is 6.99. The second-order valence-electron chi connectivity index (χ2n) is 4.54. The summed E-state index contributed by atoms with van der Waals surface area (Å²) in [6.45, 7) is 2.07. The van der Waals surface area contributed by atoms with Crippen molar-refractivity contribution in [2.45, 2.75) is 25.3 Å². The first-order valence-electron chi connectivity index (χ1n) is 5.58. The zero-order valence-electron chi connectivity index (χ0n) is 9.70. The molecular weight excluding hydrogens is 212 g/mol. The van der Waals surface area contributed by atoms with Crippen molar-refractivity contribution in [1.82, 2.24) is 10.2 Å². The van der Waals surface area contributed by atoms with Gasteiger partial charge >= 0.3 is 0 Å². The Morgan fingerprint density at radius 1 is 1.27 bits per heavy atom. The van der Waals surface area contributed by atoms with Gasteiger partial charge in [0.1, 0.15) is 9.84 Å². The molecular formula is C10H22N2O2S. The molecule has 0 spiro atoms. The summed E-state index contributed by atoms with van der Waals surface area (Å²) in [6, 6.07) is 0.413. The molecule has 90 valence electrons. The number of rotatable bonds is 5. The lowest BCUT2D eigenvalue weighted by Crippen LogP contribution is -2.38. The van der Waals surface area contributed by atoms with E-state index in [-0.39, 0.29) is 0 Å². The van der Waals surface area contributed by atoms with E-state index in [4.69, 9.17) is 0 Å². The van der Waals surface area contributed by atoms with Gasteiger partial charge in [0.2, 0.25) is 0 Å². The molecule has 1 fully saturated rings. The van der Waals surface area contributed by atoms with Crippen molar-refractivity contribution in [2.75, 3.05) is 38.7 Å². The Morgan fingerprint density at radius 2 is 1.87 bits per heavy atom. The van der Waals surface area contributed by atoms with Gasteiger partial charge in [-0.2, -0.15) is 0 Å². The van der Waals surface area contributed by atoms with E-state index in [1.54, 1.807) is 0 Å². The van der Waals surface area contributed by atoms with Crippen molar-refractivity contribution in [1.29, 1.82) is 0 Å². The molecule has 0 aromatic rings. The van der Waals surface area contributed by atoms with Crippen molar-refractivity contribution in [3.05, 3.63) is 0 Å². The van der Waals surface area contributed by atoms with Crippen LogP contribution in [0.3, 0.4) is 0 Å². The highest BCUT2D eigenvalue weighted by Gasteiger charge is 2.22. The molecule has 1 rings (SSSR count). The molecule has 1 heterocycles. The van der Waals surface area contributed by atoms with Gasteiger partial charge in [0.15, 0.2) is 0 Å². The fraction of sp³-hybridized carbons (Fsp3) is 1.00. The smallest absolute Gasteiger partial charge is 0.150 e. The van der Waals surface area contributed by atoms with E-state index in [1.165, 1.54) is 0 Å². The number of nitrogens with one attached hydrogen (secondary N) is 1. The molecule has 0 saturated carbocycles. The summed E-state index contributed by atoms with van der Waals surface area (Å²) >= 11 is 0. The quantitative estimate of drug-likeness (QED) is 0.686. The molecule has 0 atom stereocenters. The summed E-state index contributed by atoms with van der Waals surface area (Å²) in [5.41, 5.74) is 0. The van der Waals surface area contributed by atoms with Crippen molar-refractivity contribution < 1.29 is 8.42 Å². The zero-order chi connectivity index (χ0) is 11.3. The summed E-state index contributed by atoms with van der Waals surface area (Å²) < 4.78 is 22.4. The number of nitrogens with zero attached hydrogens (tertiary/aromatic N) is 1. The maximum atomic E-state index is 11.2. The summed E-state index contributed by atoms with van der Waals surface area (Å²) in [7, 11) is 1.42. The van der Waals surface area contributed by atoms with Crippen LogP contribution in [-0.4, -0.2) is 58.1 Å². The van der Waals surface area contributed by atoms with E-state index >= 15 is 0 Å². The number of hydrogen-bond acceptors (Lipinski definition) is 4. The molecule has 15 heavy (non-hydrogen) atoms. The summed E-state index contributed by atoms with van der Waals surface area (Å²) in [5, 5.41) is 3.42. The largest absolute Gasteiger partial charge is 0.314 e. The first kappa shape index (κ1) is 12.9. The van der Waals surface area contributed by atoms with Gasteiger partial charge in [-0.25, -0.2) is 8.42 Å². The Labute approximate surface area is 93.0 Å². The van der Waals surface area contributed by atoms with Crippen LogP contribution >= 0.6 is 0 Å². The van der Waals surface area contributed by atoms with Crippen molar-refractivity contribution in [3.8, 4) is 0 Å². The molecule has 1 saturated heterocycles. The molecule has 0 amide bonds. The van der Waals surface area contributed by atoms with Gasteiger partial charge in [-0.15, -0.1) is 0 Å². The second-order valence-corrected chi connectivity index (χ2v) is 6.84. The lowest BCUT2D eigenvalue weighted by Gasteiger charge is -2.23. The molecule has 4 nitrogen and oxygen atoms in total. The molecule has 0 bridgehead atoms. The fourth-order valence-corrected chi connectivity index (χ4v) is 3.29. The van der Waals surface area contributed by atoms with E-state index < -0.39 is 9.84 Å². The Hall–Kier alpha value is -0.130. The van der Waals surface area contributed by atoms with Gasteiger partial charge in [-0.1, -0.05) is 0 Å². The molecule has 0 aromatic carbocycles. The minimum Gasteiger partial charge on any atom is -0.314 e. The molecule has 1 aliphatic heterocycles. The predicted molar refractivity (Wildman–Crippen MR) is 62.8 cm³/mol. The molecule has 0 aliphatic carbocycles. The topological polar surface area (TPSA) is 49.4 Å². The lowest BCUT2D eigenvalue weighted by atomic mass is 10.1. The van der Waals surface area contributed by atoms with Gasteiger partial charge in [0.25, 0.3) is 0 Å². The molecule has 1 aliphatic rings. The predicted octanol–water partition coefficient (Wildman–Crippen LogP) is 0.105. The minimum atomic E-state index is -2.71. The Bertz CT molecular complexity index is 261. The lowest BCUT2D eigenvalue weighted by molar-refractivity contribution is 0.380. The average Bonchev–Trinajstić information content (AvgIpc) is 2.14. The Balaban J connectivity index is 2.09. The Morgan fingerprint density at radius 3 is 2.40 bits per heavy atom.